The molecule has 0 aromatic heterocycles. The number of piperidine rings is 1. The van der Waals surface area contributed by atoms with E-state index in [1.54, 1.807) is 0 Å². The highest BCUT2D eigenvalue weighted by Crippen LogP contribution is 2.17. The second kappa shape index (κ2) is 12.8. The van der Waals surface area contributed by atoms with E-state index in [4.69, 9.17) is 5.11 Å². The summed E-state index contributed by atoms with van der Waals surface area (Å²) in [7, 11) is 1.00. The maximum absolute atomic E-state index is 10.5. The van der Waals surface area contributed by atoms with Gasteiger partial charge >= 0.3 is 0 Å². The number of carbonyl (C=O) groups excluding carboxylic acids is 2. The molecule has 1 N–H and O–H groups in total. The SMILES string of the molecule is CC1=CCC(C=O)=CC(C)=C1.CCC1CCCCN1C=O.CO. The zero-order valence-corrected chi connectivity index (χ0v) is 14.9. The van der Waals surface area contributed by atoms with Crippen LogP contribution in [-0.2, 0) is 9.59 Å². The van der Waals surface area contributed by atoms with Crippen LogP contribution in [0.1, 0.15) is 52.9 Å². The molecule has 0 aromatic carbocycles. The lowest BCUT2D eigenvalue weighted by Crippen LogP contribution is -2.37. The van der Waals surface area contributed by atoms with Gasteiger partial charge in [0.2, 0.25) is 6.41 Å². The van der Waals surface area contributed by atoms with Gasteiger partial charge in [-0.25, -0.2) is 0 Å². The molecular weight excluding hydrogens is 290 g/mol. The molecule has 1 aliphatic carbocycles. The van der Waals surface area contributed by atoms with Crippen LogP contribution in [0.2, 0.25) is 0 Å². The van der Waals surface area contributed by atoms with E-state index in [0.717, 1.165) is 50.3 Å². The average molecular weight is 321 g/mol. The van der Waals surface area contributed by atoms with E-state index < -0.39 is 0 Å². The second-order valence-corrected chi connectivity index (χ2v) is 5.78. The molecule has 2 rings (SSSR count). The number of aliphatic hydroxyl groups excluding tert-OH is 1. The van der Waals surface area contributed by atoms with Crippen LogP contribution in [0, 0.1) is 0 Å². The predicted molar refractivity (Wildman–Crippen MR) is 95.1 cm³/mol. The first-order chi connectivity index (χ1) is 11.1. The normalized spacial score (nSPS) is 20.3. The topological polar surface area (TPSA) is 57.6 Å². The number of rotatable bonds is 3. The minimum absolute atomic E-state index is 0.534. The molecule has 1 atom stereocenters. The molecule has 1 saturated heterocycles. The van der Waals surface area contributed by atoms with Gasteiger partial charge in [0.25, 0.3) is 0 Å². The van der Waals surface area contributed by atoms with Crippen LogP contribution in [0.15, 0.2) is 34.9 Å². The molecule has 1 heterocycles. The number of carbonyl (C=O) groups is 2. The van der Waals surface area contributed by atoms with Crippen molar-refractivity contribution in [2.24, 2.45) is 0 Å². The minimum Gasteiger partial charge on any atom is -0.400 e. The molecule has 1 aliphatic heterocycles. The van der Waals surface area contributed by atoms with E-state index in [1.165, 1.54) is 24.8 Å². The van der Waals surface area contributed by atoms with Crippen molar-refractivity contribution in [3.05, 3.63) is 34.9 Å². The van der Waals surface area contributed by atoms with E-state index in [0.29, 0.717) is 6.04 Å². The summed E-state index contributed by atoms with van der Waals surface area (Å²) in [4.78, 5) is 22.8. The van der Waals surface area contributed by atoms with Gasteiger partial charge in [0.15, 0.2) is 0 Å². The van der Waals surface area contributed by atoms with Crippen LogP contribution in [0.5, 0.6) is 0 Å². The molecule has 4 heteroatoms. The second-order valence-electron chi connectivity index (χ2n) is 5.78. The van der Waals surface area contributed by atoms with Gasteiger partial charge < -0.3 is 10.0 Å². The average Bonchev–Trinajstić information content (AvgIpc) is 2.77. The first kappa shape index (κ1) is 21.3. The van der Waals surface area contributed by atoms with Crippen molar-refractivity contribution in [2.45, 2.75) is 58.9 Å². The van der Waals surface area contributed by atoms with Crippen molar-refractivity contribution >= 4 is 12.7 Å². The molecule has 0 aromatic rings. The first-order valence-electron chi connectivity index (χ1n) is 8.27. The number of nitrogens with zero attached hydrogens (tertiary/aromatic N) is 1. The van der Waals surface area contributed by atoms with Gasteiger partial charge in [-0.3, -0.25) is 9.59 Å². The van der Waals surface area contributed by atoms with Crippen LogP contribution in [0.25, 0.3) is 0 Å². The molecule has 1 fully saturated rings. The Morgan fingerprint density at radius 3 is 2.39 bits per heavy atom. The standard InChI is InChI=1S/C10H12O.C8H15NO.CH4O/c1-8-3-4-10(7-11)6-9(2)5-8;1-2-8-5-3-4-6-9(8)7-10;1-2/h3,5-7H,4H2,1-2H3;7-8H,2-6H2,1H3;2H,1H3. The largest absolute Gasteiger partial charge is 0.400 e. The van der Waals surface area contributed by atoms with Gasteiger partial charge in [0.1, 0.15) is 6.29 Å². The van der Waals surface area contributed by atoms with E-state index in [9.17, 15) is 9.59 Å². The summed E-state index contributed by atoms with van der Waals surface area (Å²) in [5.74, 6) is 0. The Labute approximate surface area is 140 Å². The molecule has 0 saturated carbocycles. The molecule has 0 bridgehead atoms. The third-order valence-corrected chi connectivity index (χ3v) is 3.96. The Bertz CT molecular complexity index is 450. The fourth-order valence-corrected chi connectivity index (χ4v) is 2.77. The predicted octanol–water partition coefficient (Wildman–Crippen LogP) is 3.42. The first-order valence-corrected chi connectivity index (χ1v) is 8.27. The zero-order chi connectivity index (χ0) is 17.7. The summed E-state index contributed by atoms with van der Waals surface area (Å²) in [5, 5.41) is 7.00. The number of likely N-dealkylation sites (tertiary alicyclic amines) is 1. The van der Waals surface area contributed by atoms with Gasteiger partial charge in [-0.2, -0.15) is 0 Å². The van der Waals surface area contributed by atoms with E-state index >= 15 is 0 Å². The fourth-order valence-electron chi connectivity index (χ4n) is 2.77. The summed E-state index contributed by atoms with van der Waals surface area (Å²) in [5.41, 5.74) is 3.24. The number of hydrogen-bond donors (Lipinski definition) is 1. The zero-order valence-electron chi connectivity index (χ0n) is 14.9. The molecule has 1 amide bonds. The monoisotopic (exact) mass is 321 g/mol. The summed E-state index contributed by atoms with van der Waals surface area (Å²) in [6, 6.07) is 0.534. The smallest absolute Gasteiger partial charge is 0.209 e. The lowest BCUT2D eigenvalue weighted by atomic mass is 10.0. The number of aldehydes is 1. The van der Waals surface area contributed by atoms with E-state index in [2.05, 4.69) is 19.1 Å². The molecule has 23 heavy (non-hydrogen) atoms. The number of hydrogen-bond acceptors (Lipinski definition) is 3. The Morgan fingerprint density at radius 2 is 1.87 bits per heavy atom. The fraction of sp³-hybridized carbons (Fsp3) is 0.579. The molecule has 0 radical (unpaired) electrons. The highest BCUT2D eigenvalue weighted by molar-refractivity contribution is 5.75. The van der Waals surface area contributed by atoms with Crippen molar-refractivity contribution in [2.75, 3.05) is 13.7 Å². The van der Waals surface area contributed by atoms with E-state index in [-0.39, 0.29) is 0 Å². The maximum atomic E-state index is 10.5. The quantitative estimate of drug-likeness (QED) is 0.810. The highest BCUT2D eigenvalue weighted by atomic mass is 16.2. The summed E-state index contributed by atoms with van der Waals surface area (Å²) >= 11 is 0. The Kier molecular flexibility index (Phi) is 11.9. The highest BCUT2D eigenvalue weighted by Gasteiger charge is 2.17. The minimum atomic E-state index is 0.534. The van der Waals surface area contributed by atoms with Crippen LogP contribution in [-0.4, -0.2) is 42.4 Å². The van der Waals surface area contributed by atoms with Crippen LogP contribution >= 0.6 is 0 Å². The molecule has 130 valence electrons. The van der Waals surface area contributed by atoms with Crippen LogP contribution < -0.4 is 0 Å². The Morgan fingerprint density at radius 1 is 1.17 bits per heavy atom. The Hall–Kier alpha value is -1.68. The molecular formula is C19H31NO3. The van der Waals surface area contributed by atoms with Gasteiger partial charge in [0, 0.05) is 19.7 Å². The number of allylic oxidation sites excluding steroid dienone is 6. The summed E-state index contributed by atoms with van der Waals surface area (Å²) in [6.45, 7) is 7.17. The summed E-state index contributed by atoms with van der Waals surface area (Å²) < 4.78 is 0. The van der Waals surface area contributed by atoms with Crippen molar-refractivity contribution in [1.29, 1.82) is 0 Å². The molecule has 4 nitrogen and oxygen atoms in total. The summed E-state index contributed by atoms with van der Waals surface area (Å²) in [6.07, 6.45) is 13.6. The van der Waals surface area contributed by atoms with Crippen molar-refractivity contribution in [1.82, 2.24) is 4.90 Å². The van der Waals surface area contributed by atoms with Crippen molar-refractivity contribution < 1.29 is 14.7 Å². The van der Waals surface area contributed by atoms with Crippen molar-refractivity contribution in [3.63, 3.8) is 0 Å². The third kappa shape index (κ3) is 8.50. The van der Waals surface area contributed by atoms with Crippen LogP contribution in [0.3, 0.4) is 0 Å². The third-order valence-electron chi connectivity index (χ3n) is 3.96. The maximum Gasteiger partial charge on any atom is 0.209 e. The van der Waals surface area contributed by atoms with Gasteiger partial charge in [-0.1, -0.05) is 36.3 Å². The van der Waals surface area contributed by atoms with Gasteiger partial charge in [-0.15, -0.1) is 0 Å². The van der Waals surface area contributed by atoms with Crippen LogP contribution in [0.4, 0.5) is 0 Å². The molecule has 1 unspecified atom stereocenters. The number of aliphatic hydroxyl groups is 1. The number of amides is 1. The lowest BCUT2D eigenvalue weighted by molar-refractivity contribution is -0.121. The molecule has 2 aliphatic rings. The van der Waals surface area contributed by atoms with Crippen molar-refractivity contribution in [3.8, 4) is 0 Å². The van der Waals surface area contributed by atoms with E-state index in [1.807, 2.05) is 24.8 Å². The molecule has 0 spiro atoms. The lowest BCUT2D eigenvalue weighted by Gasteiger charge is -2.31. The van der Waals surface area contributed by atoms with Gasteiger partial charge in [-0.05, 0) is 51.5 Å². The Balaban J connectivity index is 0.000000381. The van der Waals surface area contributed by atoms with Gasteiger partial charge in [0.05, 0.1) is 0 Å².